The molecule has 0 aliphatic carbocycles. The van der Waals surface area contributed by atoms with Crippen LogP contribution in [0.1, 0.15) is 12.0 Å². The number of carbonyl (C=O) groups excluding carboxylic acids is 1. The molecule has 1 aliphatic heterocycles. The molecule has 0 radical (unpaired) electrons. The van der Waals surface area contributed by atoms with Crippen LogP contribution in [0.2, 0.25) is 0 Å². The number of hydrogen-bond acceptors (Lipinski definition) is 7. The summed E-state index contributed by atoms with van der Waals surface area (Å²) in [6, 6.07) is 11.4. The molecule has 33 heavy (non-hydrogen) atoms. The number of rotatable bonds is 6. The van der Waals surface area contributed by atoms with Gasteiger partial charge in [0.2, 0.25) is 15.9 Å². The molecule has 0 unspecified atom stereocenters. The summed E-state index contributed by atoms with van der Waals surface area (Å²) in [5, 5.41) is 4.46. The molecule has 0 spiro atoms. The highest BCUT2D eigenvalue weighted by Crippen LogP contribution is 2.31. The van der Waals surface area contributed by atoms with Crippen LogP contribution in [0.5, 0.6) is 5.75 Å². The average Bonchev–Trinajstić information content (AvgIpc) is 3.37. The lowest BCUT2D eigenvalue weighted by atomic mass is 10.1. The van der Waals surface area contributed by atoms with Gasteiger partial charge in [-0.1, -0.05) is 12.1 Å². The Labute approximate surface area is 195 Å². The molecule has 1 saturated heterocycles. The number of aromatic nitrogens is 1. The maximum Gasteiger partial charge on any atom is 0.241 e. The summed E-state index contributed by atoms with van der Waals surface area (Å²) in [4.78, 5) is 18.9. The van der Waals surface area contributed by atoms with Crippen molar-refractivity contribution in [1.29, 1.82) is 0 Å². The highest BCUT2D eigenvalue weighted by molar-refractivity contribution is 7.89. The second-order valence-corrected chi connectivity index (χ2v) is 10.6. The van der Waals surface area contributed by atoms with E-state index in [0.717, 1.165) is 26.4 Å². The minimum absolute atomic E-state index is 0.108. The first kappa shape index (κ1) is 21.6. The van der Waals surface area contributed by atoms with Crippen molar-refractivity contribution in [3.8, 4) is 5.75 Å². The molecule has 5 rings (SSSR count). The van der Waals surface area contributed by atoms with Crippen LogP contribution in [0, 0.1) is 0 Å². The van der Waals surface area contributed by atoms with Crippen LogP contribution in [-0.4, -0.2) is 43.9 Å². The normalized spacial score (nSPS) is 16.7. The Balaban J connectivity index is 1.34. The van der Waals surface area contributed by atoms with Crippen molar-refractivity contribution in [1.82, 2.24) is 14.6 Å². The third kappa shape index (κ3) is 4.01. The zero-order valence-electron chi connectivity index (χ0n) is 17.8. The molecule has 0 saturated carbocycles. The summed E-state index contributed by atoms with van der Waals surface area (Å²) in [5.41, 5.74) is 6.95. The fourth-order valence-corrected chi connectivity index (χ4v) is 6.37. The van der Waals surface area contributed by atoms with E-state index in [1.807, 2.05) is 23.6 Å². The van der Waals surface area contributed by atoms with Crippen molar-refractivity contribution in [3.63, 3.8) is 0 Å². The first-order valence-corrected chi connectivity index (χ1v) is 12.7. The number of nitrogens with zero attached hydrogens (tertiary/aromatic N) is 2. The van der Waals surface area contributed by atoms with Gasteiger partial charge in [0, 0.05) is 29.4 Å². The second-order valence-electron chi connectivity index (χ2n) is 7.93. The van der Waals surface area contributed by atoms with Gasteiger partial charge in [0.25, 0.3) is 0 Å². The molecule has 8 nitrogen and oxygen atoms in total. The van der Waals surface area contributed by atoms with Crippen LogP contribution >= 0.6 is 11.3 Å². The van der Waals surface area contributed by atoms with Crippen molar-refractivity contribution in [2.45, 2.75) is 23.9 Å². The van der Waals surface area contributed by atoms with E-state index in [0.29, 0.717) is 31.1 Å². The zero-order chi connectivity index (χ0) is 23.2. The summed E-state index contributed by atoms with van der Waals surface area (Å²) in [6.45, 7) is 0.821. The molecule has 3 heterocycles. The van der Waals surface area contributed by atoms with Crippen molar-refractivity contribution in [3.05, 3.63) is 59.6 Å². The highest BCUT2D eigenvalue weighted by atomic mass is 32.2. The number of ether oxygens (including phenoxy) is 1. The lowest BCUT2D eigenvalue weighted by Crippen LogP contribution is -2.41. The number of hydrogen-bond donors (Lipinski definition) is 2. The summed E-state index contributed by atoms with van der Waals surface area (Å²) in [6.07, 6.45) is 2.06. The van der Waals surface area contributed by atoms with Gasteiger partial charge in [0.15, 0.2) is 0 Å². The number of fused-ring (bicyclic) bond motifs is 2. The smallest absolute Gasteiger partial charge is 0.241 e. The number of amides is 1. The minimum Gasteiger partial charge on any atom is -0.497 e. The highest BCUT2D eigenvalue weighted by Gasteiger charge is 2.35. The third-order valence-corrected chi connectivity index (χ3v) is 8.34. The van der Waals surface area contributed by atoms with E-state index in [9.17, 15) is 13.2 Å². The summed E-state index contributed by atoms with van der Waals surface area (Å²) in [5.74, 6) is 0.826. The van der Waals surface area contributed by atoms with Gasteiger partial charge in [-0.3, -0.25) is 4.79 Å². The van der Waals surface area contributed by atoms with Gasteiger partial charge in [-0.15, -0.1) is 11.3 Å². The summed E-state index contributed by atoms with van der Waals surface area (Å²) in [7, 11) is -2.32. The van der Waals surface area contributed by atoms with Gasteiger partial charge < -0.3 is 15.4 Å². The molecule has 2 aromatic carbocycles. The van der Waals surface area contributed by atoms with Crippen LogP contribution in [0.4, 0.5) is 5.82 Å². The predicted octanol–water partition coefficient (Wildman–Crippen LogP) is 3.12. The molecule has 2 aromatic heterocycles. The maximum absolute atomic E-state index is 13.0. The van der Waals surface area contributed by atoms with E-state index in [1.165, 1.54) is 0 Å². The number of anilines is 1. The number of nitrogens with one attached hydrogen (secondary N) is 1. The molecule has 1 aliphatic rings. The van der Waals surface area contributed by atoms with Crippen molar-refractivity contribution < 1.29 is 17.9 Å². The summed E-state index contributed by atoms with van der Waals surface area (Å²) >= 11 is 1.55. The number of carbonyl (C=O) groups is 1. The Morgan fingerprint density at radius 3 is 2.85 bits per heavy atom. The third-order valence-electron chi connectivity index (χ3n) is 5.88. The first-order chi connectivity index (χ1) is 15.9. The number of nitrogen functional groups attached to an aromatic ring is 1. The van der Waals surface area contributed by atoms with E-state index in [4.69, 9.17) is 10.5 Å². The quantitative estimate of drug-likeness (QED) is 0.436. The Kier molecular flexibility index (Phi) is 5.43. The van der Waals surface area contributed by atoms with Gasteiger partial charge in [-0.05, 0) is 58.5 Å². The van der Waals surface area contributed by atoms with Crippen molar-refractivity contribution in [2.24, 2.45) is 0 Å². The number of likely N-dealkylation sites (tertiary alicyclic amines) is 1. The van der Waals surface area contributed by atoms with Gasteiger partial charge in [0.1, 0.15) is 17.6 Å². The standard InChI is InChI=1S/C23H22N4O4S2/c1-31-17-4-2-14-3-5-18(11-15(14)10-17)33(29,30)26-19-7-9-27(23(19)28)12-16-13-32-20-6-8-25-22(24)21(16)20/h2-6,8,10-11,13,19,26H,7,9,12H2,1H3,(H2,24,25)/t19-/m1/s1. The van der Waals surface area contributed by atoms with Gasteiger partial charge in [-0.2, -0.15) is 4.72 Å². The van der Waals surface area contributed by atoms with Gasteiger partial charge in [0.05, 0.1) is 12.0 Å². The Morgan fingerprint density at radius 2 is 2.03 bits per heavy atom. The number of nitrogens with two attached hydrogens (primary N) is 1. The largest absolute Gasteiger partial charge is 0.497 e. The molecular weight excluding hydrogens is 460 g/mol. The van der Waals surface area contributed by atoms with E-state index in [2.05, 4.69) is 9.71 Å². The average molecular weight is 483 g/mol. The molecule has 1 amide bonds. The first-order valence-electron chi connectivity index (χ1n) is 10.4. The predicted molar refractivity (Wildman–Crippen MR) is 129 cm³/mol. The lowest BCUT2D eigenvalue weighted by Gasteiger charge is -2.17. The molecule has 1 atom stereocenters. The number of pyridine rings is 1. The van der Waals surface area contributed by atoms with Gasteiger partial charge in [-0.25, -0.2) is 13.4 Å². The van der Waals surface area contributed by atoms with E-state index in [-0.39, 0.29) is 10.8 Å². The molecule has 4 aromatic rings. The fourth-order valence-electron chi connectivity index (χ4n) is 4.15. The number of thiophene rings is 1. The number of benzene rings is 2. The fraction of sp³-hybridized carbons (Fsp3) is 0.217. The number of methoxy groups -OCH3 is 1. The maximum atomic E-state index is 13.0. The van der Waals surface area contributed by atoms with E-state index >= 15 is 0 Å². The zero-order valence-corrected chi connectivity index (χ0v) is 19.4. The monoisotopic (exact) mass is 482 g/mol. The van der Waals surface area contributed by atoms with Crippen LogP contribution in [0.15, 0.2) is 58.9 Å². The van der Waals surface area contributed by atoms with E-state index in [1.54, 1.807) is 53.8 Å². The lowest BCUT2D eigenvalue weighted by molar-refractivity contribution is -0.129. The van der Waals surface area contributed by atoms with Crippen molar-refractivity contribution in [2.75, 3.05) is 19.4 Å². The van der Waals surface area contributed by atoms with Crippen LogP contribution in [0.25, 0.3) is 20.9 Å². The topological polar surface area (TPSA) is 115 Å². The Bertz CT molecular complexity index is 1480. The Morgan fingerprint density at radius 1 is 1.21 bits per heavy atom. The minimum atomic E-state index is -3.88. The van der Waals surface area contributed by atoms with E-state index < -0.39 is 16.1 Å². The SMILES string of the molecule is COc1ccc2ccc(S(=O)(=O)N[C@@H]3CCN(Cc4csc5ccnc(N)c45)C3=O)cc2c1. The van der Waals surface area contributed by atoms with Crippen LogP contribution < -0.4 is 15.2 Å². The Hall–Kier alpha value is -3.21. The molecule has 10 heteroatoms. The molecule has 3 N–H and O–H groups in total. The van der Waals surface area contributed by atoms with Gasteiger partial charge >= 0.3 is 0 Å². The number of sulfonamides is 1. The van der Waals surface area contributed by atoms with Crippen molar-refractivity contribution >= 4 is 53.9 Å². The molecule has 0 bridgehead atoms. The second kappa shape index (κ2) is 8.29. The molecular formula is C23H22N4O4S2. The van der Waals surface area contributed by atoms with Crippen LogP contribution in [-0.2, 0) is 21.4 Å². The molecule has 170 valence electrons. The molecule has 1 fully saturated rings. The summed E-state index contributed by atoms with van der Waals surface area (Å²) < 4.78 is 34.9. The van der Waals surface area contributed by atoms with Crippen LogP contribution in [0.3, 0.4) is 0 Å².